The fourth-order valence-electron chi connectivity index (χ4n) is 2.80. The molecular formula is C16H26N2O2. The quantitative estimate of drug-likeness (QED) is 0.806. The van der Waals surface area contributed by atoms with E-state index in [9.17, 15) is 4.79 Å². The number of amides is 1. The molecule has 0 bridgehead atoms. The van der Waals surface area contributed by atoms with Crippen LogP contribution >= 0.6 is 0 Å². The summed E-state index contributed by atoms with van der Waals surface area (Å²) in [6.45, 7) is 4.05. The molecule has 1 heterocycles. The van der Waals surface area contributed by atoms with Crippen LogP contribution in [0.5, 0.6) is 0 Å². The maximum absolute atomic E-state index is 12.1. The highest BCUT2D eigenvalue weighted by Gasteiger charge is 2.21. The minimum Gasteiger partial charge on any atom is -0.469 e. The highest BCUT2D eigenvalue weighted by molar-refractivity contribution is 5.81. The van der Waals surface area contributed by atoms with Crippen LogP contribution in [0.2, 0.25) is 0 Å². The fourth-order valence-corrected chi connectivity index (χ4v) is 2.80. The summed E-state index contributed by atoms with van der Waals surface area (Å²) in [4.78, 5) is 12.1. The first kappa shape index (κ1) is 15.1. The van der Waals surface area contributed by atoms with Gasteiger partial charge in [0.15, 0.2) is 0 Å². The fraction of sp³-hybridized carbons (Fsp3) is 0.688. The molecule has 4 heteroatoms. The van der Waals surface area contributed by atoms with E-state index in [0.29, 0.717) is 12.1 Å². The molecule has 0 spiro atoms. The van der Waals surface area contributed by atoms with Crippen molar-refractivity contribution in [3.05, 3.63) is 24.2 Å². The van der Waals surface area contributed by atoms with Crippen LogP contribution in [-0.4, -0.2) is 24.0 Å². The lowest BCUT2D eigenvalue weighted by molar-refractivity contribution is -0.123. The summed E-state index contributed by atoms with van der Waals surface area (Å²) in [6.07, 6.45) is 8.31. The van der Waals surface area contributed by atoms with Crippen molar-refractivity contribution >= 4 is 5.91 Å². The van der Waals surface area contributed by atoms with E-state index in [1.54, 1.807) is 6.26 Å². The third kappa shape index (κ3) is 4.67. The molecule has 20 heavy (non-hydrogen) atoms. The Hall–Kier alpha value is -1.29. The lowest BCUT2D eigenvalue weighted by Crippen LogP contribution is -2.48. The lowest BCUT2D eigenvalue weighted by atomic mass is 10.1. The van der Waals surface area contributed by atoms with Gasteiger partial charge in [0.1, 0.15) is 5.76 Å². The van der Waals surface area contributed by atoms with Crippen LogP contribution in [0.1, 0.15) is 51.7 Å². The maximum atomic E-state index is 12.1. The van der Waals surface area contributed by atoms with Gasteiger partial charge in [0.2, 0.25) is 5.91 Å². The number of furan rings is 1. The van der Waals surface area contributed by atoms with Crippen LogP contribution in [0.15, 0.2) is 22.8 Å². The van der Waals surface area contributed by atoms with Gasteiger partial charge in [-0.25, -0.2) is 0 Å². The van der Waals surface area contributed by atoms with Crippen LogP contribution in [0.3, 0.4) is 0 Å². The molecule has 2 N–H and O–H groups in total. The van der Waals surface area contributed by atoms with E-state index in [1.165, 1.54) is 12.8 Å². The number of nitrogens with one attached hydrogen (secondary N) is 2. The van der Waals surface area contributed by atoms with Crippen molar-refractivity contribution in [3.63, 3.8) is 0 Å². The van der Waals surface area contributed by atoms with Gasteiger partial charge < -0.3 is 15.1 Å². The SMILES string of the molecule is CC(CCc1ccco1)NC(C)C(=O)NC1CCCC1. The third-order valence-electron chi connectivity index (χ3n) is 4.03. The van der Waals surface area contributed by atoms with Crippen molar-refractivity contribution < 1.29 is 9.21 Å². The van der Waals surface area contributed by atoms with Crippen LogP contribution in [0.25, 0.3) is 0 Å². The Balaban J connectivity index is 1.66. The summed E-state index contributed by atoms with van der Waals surface area (Å²) in [6, 6.07) is 4.45. The highest BCUT2D eigenvalue weighted by Crippen LogP contribution is 2.17. The number of carbonyl (C=O) groups excluding carboxylic acids is 1. The van der Waals surface area contributed by atoms with E-state index < -0.39 is 0 Å². The molecule has 1 aliphatic carbocycles. The standard InChI is InChI=1S/C16H26N2O2/c1-12(9-10-15-8-5-11-20-15)17-13(2)16(19)18-14-6-3-4-7-14/h5,8,11-14,17H,3-4,6-7,9-10H2,1-2H3,(H,18,19). The summed E-state index contributed by atoms with van der Waals surface area (Å²) in [7, 11) is 0. The Morgan fingerprint density at radius 1 is 1.40 bits per heavy atom. The van der Waals surface area contributed by atoms with Crippen LogP contribution < -0.4 is 10.6 Å². The monoisotopic (exact) mass is 278 g/mol. The van der Waals surface area contributed by atoms with Gasteiger partial charge in [-0.2, -0.15) is 0 Å². The Kier molecular flexibility index (Phi) is 5.65. The van der Waals surface area contributed by atoms with E-state index in [-0.39, 0.29) is 11.9 Å². The van der Waals surface area contributed by atoms with Gasteiger partial charge in [0.05, 0.1) is 12.3 Å². The van der Waals surface area contributed by atoms with Crippen molar-refractivity contribution in [1.82, 2.24) is 10.6 Å². The molecule has 1 saturated carbocycles. The summed E-state index contributed by atoms with van der Waals surface area (Å²) in [5.74, 6) is 1.13. The largest absolute Gasteiger partial charge is 0.469 e. The molecule has 2 unspecified atom stereocenters. The van der Waals surface area contributed by atoms with Crippen molar-refractivity contribution in [2.75, 3.05) is 0 Å². The molecule has 1 aromatic rings. The van der Waals surface area contributed by atoms with Crippen molar-refractivity contribution in [2.24, 2.45) is 0 Å². The Labute approximate surface area is 121 Å². The van der Waals surface area contributed by atoms with Gasteiger partial charge in [-0.15, -0.1) is 0 Å². The van der Waals surface area contributed by atoms with Crippen LogP contribution in [0, 0.1) is 0 Å². The molecule has 1 aliphatic rings. The zero-order valence-corrected chi connectivity index (χ0v) is 12.5. The van der Waals surface area contributed by atoms with Gasteiger partial charge in [0, 0.05) is 18.5 Å². The molecule has 1 aromatic heterocycles. The van der Waals surface area contributed by atoms with Gasteiger partial charge in [-0.3, -0.25) is 4.79 Å². The normalized spacial score (nSPS) is 18.9. The van der Waals surface area contributed by atoms with E-state index in [1.807, 2.05) is 19.1 Å². The van der Waals surface area contributed by atoms with E-state index in [0.717, 1.165) is 31.4 Å². The molecule has 0 aromatic carbocycles. The first-order valence-corrected chi connectivity index (χ1v) is 7.74. The molecule has 4 nitrogen and oxygen atoms in total. The summed E-state index contributed by atoms with van der Waals surface area (Å²) < 4.78 is 5.32. The van der Waals surface area contributed by atoms with Crippen molar-refractivity contribution in [2.45, 2.75) is 70.5 Å². The van der Waals surface area contributed by atoms with E-state index in [4.69, 9.17) is 4.42 Å². The second kappa shape index (κ2) is 7.48. The summed E-state index contributed by atoms with van der Waals surface area (Å²) in [5.41, 5.74) is 0. The highest BCUT2D eigenvalue weighted by atomic mass is 16.3. The summed E-state index contributed by atoms with van der Waals surface area (Å²) in [5, 5.41) is 6.50. The molecule has 0 aliphatic heterocycles. The predicted molar refractivity (Wildman–Crippen MR) is 79.5 cm³/mol. The molecule has 1 amide bonds. The Morgan fingerprint density at radius 3 is 2.80 bits per heavy atom. The zero-order chi connectivity index (χ0) is 14.4. The average Bonchev–Trinajstić information content (AvgIpc) is 3.09. The second-order valence-corrected chi connectivity index (χ2v) is 5.90. The number of hydrogen-bond acceptors (Lipinski definition) is 3. The predicted octanol–water partition coefficient (Wildman–Crippen LogP) is 2.64. The minimum absolute atomic E-state index is 0.127. The van der Waals surface area contributed by atoms with Gasteiger partial charge >= 0.3 is 0 Å². The number of carbonyl (C=O) groups is 1. The van der Waals surface area contributed by atoms with Crippen molar-refractivity contribution in [3.8, 4) is 0 Å². The maximum Gasteiger partial charge on any atom is 0.237 e. The minimum atomic E-state index is -0.137. The summed E-state index contributed by atoms with van der Waals surface area (Å²) >= 11 is 0. The van der Waals surface area contributed by atoms with Gasteiger partial charge in [-0.05, 0) is 45.2 Å². The Morgan fingerprint density at radius 2 is 2.15 bits per heavy atom. The molecule has 0 saturated heterocycles. The topological polar surface area (TPSA) is 54.3 Å². The molecule has 1 fully saturated rings. The smallest absolute Gasteiger partial charge is 0.237 e. The molecule has 112 valence electrons. The average molecular weight is 278 g/mol. The third-order valence-corrected chi connectivity index (χ3v) is 4.03. The number of rotatable bonds is 7. The Bertz CT molecular complexity index is 397. The first-order valence-electron chi connectivity index (χ1n) is 7.74. The molecule has 2 atom stereocenters. The molecular weight excluding hydrogens is 252 g/mol. The molecule has 0 radical (unpaired) electrons. The second-order valence-electron chi connectivity index (χ2n) is 5.90. The number of hydrogen-bond donors (Lipinski definition) is 2. The van der Waals surface area contributed by atoms with Crippen molar-refractivity contribution in [1.29, 1.82) is 0 Å². The van der Waals surface area contributed by atoms with Crippen LogP contribution in [-0.2, 0) is 11.2 Å². The van der Waals surface area contributed by atoms with Gasteiger partial charge in [0.25, 0.3) is 0 Å². The molecule has 2 rings (SSSR count). The van der Waals surface area contributed by atoms with Gasteiger partial charge in [-0.1, -0.05) is 12.8 Å². The van der Waals surface area contributed by atoms with E-state index >= 15 is 0 Å². The number of aryl methyl sites for hydroxylation is 1. The zero-order valence-electron chi connectivity index (χ0n) is 12.5. The first-order chi connectivity index (χ1) is 9.65. The van der Waals surface area contributed by atoms with Crippen LogP contribution in [0.4, 0.5) is 0 Å². The van der Waals surface area contributed by atoms with E-state index in [2.05, 4.69) is 17.6 Å². The lowest BCUT2D eigenvalue weighted by Gasteiger charge is -2.21.